The first-order valence-electron chi connectivity index (χ1n) is 9.10. The minimum Gasteiger partial charge on any atom is -0.345 e. The van der Waals surface area contributed by atoms with Crippen molar-refractivity contribution < 1.29 is 13.2 Å². The molecule has 0 atom stereocenters. The Morgan fingerprint density at radius 3 is 2.45 bits per heavy atom. The summed E-state index contributed by atoms with van der Waals surface area (Å²) in [7, 11) is -0.590. The Bertz CT molecular complexity index is 1150. The lowest BCUT2D eigenvalue weighted by atomic mass is 10.2. The molecule has 2 aromatic carbocycles. The molecule has 8 heteroatoms. The summed E-state index contributed by atoms with van der Waals surface area (Å²) in [6.45, 7) is 4.46. The predicted octanol–water partition coefficient (Wildman–Crippen LogP) is 3.05. The number of aromatic nitrogens is 2. The SMILES string of the molecule is Cc1cc(C)n(Cc2cccc(NS(=O)(=O)c3cccc(C(=O)N(C)C)c3)c2)n1. The van der Waals surface area contributed by atoms with E-state index in [2.05, 4.69) is 9.82 Å². The van der Waals surface area contributed by atoms with Gasteiger partial charge in [-0.25, -0.2) is 8.42 Å². The van der Waals surface area contributed by atoms with Gasteiger partial charge in [0.1, 0.15) is 0 Å². The molecule has 1 N–H and O–H groups in total. The Balaban J connectivity index is 1.83. The van der Waals surface area contributed by atoms with Crippen molar-refractivity contribution in [2.24, 2.45) is 0 Å². The molecule has 0 unspecified atom stereocenters. The van der Waals surface area contributed by atoms with Crippen molar-refractivity contribution in [3.8, 4) is 0 Å². The van der Waals surface area contributed by atoms with E-state index in [1.165, 1.54) is 17.0 Å². The third-order valence-electron chi connectivity index (χ3n) is 4.41. The third kappa shape index (κ3) is 4.83. The van der Waals surface area contributed by atoms with Gasteiger partial charge in [0.25, 0.3) is 15.9 Å². The molecular formula is C21H24N4O3S. The number of nitrogens with zero attached hydrogens (tertiary/aromatic N) is 3. The zero-order valence-corrected chi connectivity index (χ0v) is 17.7. The molecule has 3 aromatic rings. The second-order valence-corrected chi connectivity index (χ2v) is 8.80. The summed E-state index contributed by atoms with van der Waals surface area (Å²) in [4.78, 5) is 13.6. The van der Waals surface area contributed by atoms with Crippen molar-refractivity contribution >= 4 is 21.6 Å². The van der Waals surface area contributed by atoms with Crippen LogP contribution >= 0.6 is 0 Å². The second kappa shape index (κ2) is 8.08. The van der Waals surface area contributed by atoms with E-state index in [1.807, 2.05) is 30.7 Å². The number of anilines is 1. The zero-order valence-electron chi connectivity index (χ0n) is 16.9. The summed E-state index contributed by atoms with van der Waals surface area (Å²) >= 11 is 0. The first-order chi connectivity index (χ1) is 13.7. The summed E-state index contributed by atoms with van der Waals surface area (Å²) in [5.41, 5.74) is 3.67. The van der Waals surface area contributed by atoms with Crippen LogP contribution in [0.3, 0.4) is 0 Å². The van der Waals surface area contributed by atoms with E-state index in [0.29, 0.717) is 17.8 Å². The molecule has 152 valence electrons. The van der Waals surface area contributed by atoms with E-state index in [0.717, 1.165) is 17.0 Å². The minimum absolute atomic E-state index is 0.0362. The highest BCUT2D eigenvalue weighted by molar-refractivity contribution is 7.92. The van der Waals surface area contributed by atoms with Crippen LogP contribution in [-0.2, 0) is 16.6 Å². The standard InChI is InChI=1S/C21H24N4O3S/c1-15-11-16(2)25(22-15)14-17-7-5-9-19(12-17)23-29(27,28)20-10-6-8-18(13-20)21(26)24(3)4/h5-13,23H,14H2,1-4H3. The number of amides is 1. The van der Waals surface area contributed by atoms with Gasteiger partial charge in [0.2, 0.25) is 0 Å². The molecule has 1 amide bonds. The molecule has 0 fully saturated rings. The number of aryl methyl sites for hydroxylation is 2. The first kappa shape index (κ1) is 20.6. The van der Waals surface area contributed by atoms with Gasteiger partial charge in [-0.1, -0.05) is 18.2 Å². The molecule has 7 nitrogen and oxygen atoms in total. The molecule has 0 saturated heterocycles. The molecule has 1 heterocycles. The van der Waals surface area contributed by atoms with Crippen LogP contribution in [-0.4, -0.2) is 43.1 Å². The summed E-state index contributed by atoms with van der Waals surface area (Å²) in [5, 5.41) is 4.44. The van der Waals surface area contributed by atoms with Crippen molar-refractivity contribution in [1.29, 1.82) is 0 Å². The van der Waals surface area contributed by atoms with Gasteiger partial charge in [0.15, 0.2) is 0 Å². The van der Waals surface area contributed by atoms with E-state index < -0.39 is 10.0 Å². The molecule has 0 saturated carbocycles. The summed E-state index contributed by atoms with van der Waals surface area (Å²) in [6.07, 6.45) is 0. The Kier molecular flexibility index (Phi) is 5.74. The largest absolute Gasteiger partial charge is 0.345 e. The van der Waals surface area contributed by atoms with Gasteiger partial charge in [-0.05, 0) is 55.8 Å². The number of rotatable bonds is 6. The van der Waals surface area contributed by atoms with Crippen LogP contribution in [0.25, 0.3) is 0 Å². The van der Waals surface area contributed by atoms with Gasteiger partial charge in [0, 0.05) is 31.0 Å². The van der Waals surface area contributed by atoms with Crippen molar-refractivity contribution in [3.63, 3.8) is 0 Å². The number of hydrogen-bond donors (Lipinski definition) is 1. The molecule has 0 aliphatic carbocycles. The maximum absolute atomic E-state index is 12.8. The quantitative estimate of drug-likeness (QED) is 0.674. The smallest absolute Gasteiger partial charge is 0.261 e. The monoisotopic (exact) mass is 412 g/mol. The maximum atomic E-state index is 12.8. The number of benzene rings is 2. The van der Waals surface area contributed by atoms with Gasteiger partial charge < -0.3 is 4.90 Å². The normalized spacial score (nSPS) is 11.3. The molecule has 0 radical (unpaired) electrons. The van der Waals surface area contributed by atoms with Crippen LogP contribution in [0.4, 0.5) is 5.69 Å². The summed E-state index contributed by atoms with van der Waals surface area (Å²) in [5.74, 6) is -0.256. The van der Waals surface area contributed by atoms with E-state index in [4.69, 9.17) is 0 Å². The van der Waals surface area contributed by atoms with Gasteiger partial charge in [-0.2, -0.15) is 5.10 Å². The van der Waals surface area contributed by atoms with Gasteiger partial charge in [-0.15, -0.1) is 0 Å². The van der Waals surface area contributed by atoms with Crippen molar-refractivity contribution in [2.75, 3.05) is 18.8 Å². The first-order valence-corrected chi connectivity index (χ1v) is 10.6. The number of hydrogen-bond acceptors (Lipinski definition) is 4. The molecule has 3 rings (SSSR count). The highest BCUT2D eigenvalue weighted by Crippen LogP contribution is 2.19. The van der Waals surface area contributed by atoms with Crippen LogP contribution in [0.5, 0.6) is 0 Å². The lowest BCUT2D eigenvalue weighted by molar-refractivity contribution is 0.0827. The highest BCUT2D eigenvalue weighted by Gasteiger charge is 2.17. The molecule has 0 bridgehead atoms. The summed E-state index contributed by atoms with van der Waals surface area (Å²) < 4.78 is 30.1. The Labute approximate surface area is 171 Å². The highest BCUT2D eigenvalue weighted by atomic mass is 32.2. The number of carbonyl (C=O) groups excluding carboxylic acids is 1. The van der Waals surface area contributed by atoms with E-state index in [1.54, 1.807) is 44.4 Å². The second-order valence-electron chi connectivity index (χ2n) is 7.12. The third-order valence-corrected chi connectivity index (χ3v) is 5.79. The van der Waals surface area contributed by atoms with Crippen LogP contribution in [0.1, 0.15) is 27.3 Å². The molecule has 1 aromatic heterocycles. The number of sulfonamides is 1. The molecule has 29 heavy (non-hydrogen) atoms. The lowest BCUT2D eigenvalue weighted by Gasteiger charge is -2.13. The fourth-order valence-electron chi connectivity index (χ4n) is 3.01. The average Bonchev–Trinajstić information content (AvgIpc) is 2.98. The molecule has 0 spiro atoms. The maximum Gasteiger partial charge on any atom is 0.261 e. The van der Waals surface area contributed by atoms with E-state index in [-0.39, 0.29) is 10.8 Å². The zero-order chi connectivity index (χ0) is 21.2. The Morgan fingerprint density at radius 1 is 1.07 bits per heavy atom. The summed E-state index contributed by atoms with van der Waals surface area (Å²) in [6, 6.07) is 15.2. The average molecular weight is 413 g/mol. The Hall–Kier alpha value is -3.13. The molecule has 0 aliphatic heterocycles. The topological polar surface area (TPSA) is 84.3 Å². The number of carbonyl (C=O) groups is 1. The van der Waals surface area contributed by atoms with Crippen LogP contribution in [0.15, 0.2) is 59.5 Å². The van der Waals surface area contributed by atoms with Crippen molar-refractivity contribution in [3.05, 3.63) is 77.1 Å². The van der Waals surface area contributed by atoms with Crippen molar-refractivity contribution in [1.82, 2.24) is 14.7 Å². The van der Waals surface area contributed by atoms with E-state index >= 15 is 0 Å². The van der Waals surface area contributed by atoms with Gasteiger partial charge in [0.05, 0.1) is 17.1 Å². The fourth-order valence-corrected chi connectivity index (χ4v) is 4.10. The number of nitrogens with one attached hydrogen (secondary N) is 1. The van der Waals surface area contributed by atoms with Crippen LogP contribution < -0.4 is 4.72 Å². The minimum atomic E-state index is -3.83. The van der Waals surface area contributed by atoms with Crippen molar-refractivity contribution in [2.45, 2.75) is 25.3 Å². The fraction of sp³-hybridized carbons (Fsp3) is 0.238. The molecule has 0 aliphatic rings. The van der Waals surface area contributed by atoms with Gasteiger partial charge >= 0.3 is 0 Å². The lowest BCUT2D eigenvalue weighted by Crippen LogP contribution is -2.22. The van der Waals surface area contributed by atoms with Crippen LogP contribution in [0, 0.1) is 13.8 Å². The van der Waals surface area contributed by atoms with Crippen LogP contribution in [0.2, 0.25) is 0 Å². The predicted molar refractivity (Wildman–Crippen MR) is 113 cm³/mol. The van der Waals surface area contributed by atoms with Gasteiger partial charge in [-0.3, -0.25) is 14.2 Å². The Morgan fingerprint density at radius 2 is 1.79 bits per heavy atom. The van der Waals surface area contributed by atoms with E-state index in [9.17, 15) is 13.2 Å². The molecular weight excluding hydrogens is 388 g/mol.